The fourth-order valence-electron chi connectivity index (χ4n) is 2.24. The molecule has 0 bridgehead atoms. The van der Waals surface area contributed by atoms with Crippen LogP contribution in [0.4, 0.5) is 0 Å². The van der Waals surface area contributed by atoms with Crippen molar-refractivity contribution in [2.24, 2.45) is 5.92 Å². The lowest BCUT2D eigenvalue weighted by molar-refractivity contribution is 0.00963. The molecule has 0 aliphatic carbocycles. The Morgan fingerprint density at radius 1 is 1.43 bits per heavy atom. The van der Waals surface area contributed by atoms with Gasteiger partial charge in [-0.15, -0.1) is 0 Å². The van der Waals surface area contributed by atoms with Crippen LogP contribution < -0.4 is 5.32 Å². The summed E-state index contributed by atoms with van der Waals surface area (Å²) in [6, 6.07) is 0.617. The first-order valence-corrected chi connectivity index (χ1v) is 5.79. The SMILES string of the molecule is CC1NCCCC1COC1CCOC1. The summed E-state index contributed by atoms with van der Waals surface area (Å²) >= 11 is 0. The van der Waals surface area contributed by atoms with Gasteiger partial charge in [0.05, 0.1) is 19.3 Å². The first kappa shape index (κ1) is 10.4. The maximum Gasteiger partial charge on any atom is 0.0830 e. The lowest BCUT2D eigenvalue weighted by Crippen LogP contribution is -2.41. The third kappa shape index (κ3) is 2.69. The molecule has 1 N–H and O–H groups in total. The normalized spacial score (nSPS) is 38.8. The van der Waals surface area contributed by atoms with Gasteiger partial charge in [-0.05, 0) is 38.6 Å². The van der Waals surface area contributed by atoms with Gasteiger partial charge in [-0.1, -0.05) is 0 Å². The highest BCUT2D eigenvalue weighted by molar-refractivity contribution is 4.78. The third-order valence-corrected chi connectivity index (χ3v) is 3.36. The summed E-state index contributed by atoms with van der Waals surface area (Å²) in [7, 11) is 0. The molecule has 82 valence electrons. The maximum absolute atomic E-state index is 5.85. The number of piperidine rings is 1. The molecule has 0 spiro atoms. The van der Waals surface area contributed by atoms with E-state index in [1.54, 1.807) is 0 Å². The van der Waals surface area contributed by atoms with Gasteiger partial charge in [-0.3, -0.25) is 0 Å². The fraction of sp³-hybridized carbons (Fsp3) is 1.00. The van der Waals surface area contributed by atoms with Gasteiger partial charge < -0.3 is 14.8 Å². The first-order chi connectivity index (χ1) is 6.86. The Morgan fingerprint density at radius 3 is 3.07 bits per heavy atom. The second kappa shape index (κ2) is 5.10. The Hall–Kier alpha value is -0.120. The van der Waals surface area contributed by atoms with Crippen molar-refractivity contribution in [1.29, 1.82) is 0 Å². The molecule has 3 nitrogen and oxygen atoms in total. The zero-order valence-electron chi connectivity index (χ0n) is 9.00. The summed E-state index contributed by atoms with van der Waals surface area (Å²) in [6.07, 6.45) is 4.04. The highest BCUT2D eigenvalue weighted by Crippen LogP contribution is 2.18. The van der Waals surface area contributed by atoms with Crippen LogP contribution in [0.1, 0.15) is 26.2 Å². The molecular weight excluding hydrogens is 178 g/mol. The molecule has 0 radical (unpaired) electrons. The predicted octanol–water partition coefficient (Wildman–Crippen LogP) is 1.18. The van der Waals surface area contributed by atoms with Gasteiger partial charge in [0.2, 0.25) is 0 Å². The van der Waals surface area contributed by atoms with E-state index in [0.717, 1.165) is 26.2 Å². The molecule has 0 aromatic carbocycles. The average Bonchev–Trinajstić information content (AvgIpc) is 2.69. The van der Waals surface area contributed by atoms with E-state index >= 15 is 0 Å². The van der Waals surface area contributed by atoms with Gasteiger partial charge in [-0.25, -0.2) is 0 Å². The Balaban J connectivity index is 1.67. The highest BCUT2D eigenvalue weighted by Gasteiger charge is 2.23. The average molecular weight is 199 g/mol. The van der Waals surface area contributed by atoms with E-state index in [2.05, 4.69) is 12.2 Å². The molecule has 2 rings (SSSR count). The molecule has 2 saturated heterocycles. The third-order valence-electron chi connectivity index (χ3n) is 3.36. The van der Waals surface area contributed by atoms with E-state index < -0.39 is 0 Å². The summed E-state index contributed by atoms with van der Waals surface area (Å²) in [5.41, 5.74) is 0. The molecule has 0 aromatic rings. The molecule has 2 heterocycles. The second-order valence-electron chi connectivity index (χ2n) is 4.46. The van der Waals surface area contributed by atoms with Crippen LogP contribution in [0.3, 0.4) is 0 Å². The first-order valence-electron chi connectivity index (χ1n) is 5.79. The second-order valence-corrected chi connectivity index (χ2v) is 4.46. The molecule has 2 aliphatic rings. The zero-order valence-corrected chi connectivity index (χ0v) is 9.00. The van der Waals surface area contributed by atoms with Crippen molar-refractivity contribution < 1.29 is 9.47 Å². The zero-order chi connectivity index (χ0) is 9.80. The van der Waals surface area contributed by atoms with Crippen molar-refractivity contribution in [3.05, 3.63) is 0 Å². The van der Waals surface area contributed by atoms with E-state index in [1.165, 1.54) is 19.4 Å². The van der Waals surface area contributed by atoms with Crippen molar-refractivity contribution in [3.63, 3.8) is 0 Å². The predicted molar refractivity (Wildman–Crippen MR) is 55.4 cm³/mol. The lowest BCUT2D eigenvalue weighted by atomic mass is 9.93. The van der Waals surface area contributed by atoms with Crippen LogP contribution in [0.15, 0.2) is 0 Å². The van der Waals surface area contributed by atoms with Crippen molar-refractivity contribution in [2.45, 2.75) is 38.3 Å². The summed E-state index contributed by atoms with van der Waals surface area (Å²) < 4.78 is 11.1. The van der Waals surface area contributed by atoms with Gasteiger partial charge in [0.1, 0.15) is 0 Å². The van der Waals surface area contributed by atoms with Crippen LogP contribution in [-0.4, -0.2) is 38.5 Å². The monoisotopic (exact) mass is 199 g/mol. The van der Waals surface area contributed by atoms with Crippen LogP contribution in [0.25, 0.3) is 0 Å². The summed E-state index contributed by atoms with van der Waals surface area (Å²) in [5.74, 6) is 0.698. The van der Waals surface area contributed by atoms with Crippen LogP contribution in [0.5, 0.6) is 0 Å². The maximum atomic E-state index is 5.85. The Morgan fingerprint density at radius 2 is 2.36 bits per heavy atom. The summed E-state index contributed by atoms with van der Waals surface area (Å²) in [5, 5.41) is 3.50. The van der Waals surface area contributed by atoms with E-state index in [4.69, 9.17) is 9.47 Å². The van der Waals surface area contributed by atoms with Gasteiger partial charge in [0.15, 0.2) is 0 Å². The number of ether oxygens (including phenoxy) is 2. The van der Waals surface area contributed by atoms with Crippen molar-refractivity contribution in [1.82, 2.24) is 5.32 Å². The molecule has 0 aromatic heterocycles. The van der Waals surface area contributed by atoms with Crippen LogP contribution in [-0.2, 0) is 9.47 Å². The number of rotatable bonds is 3. The Bertz CT molecular complexity index is 169. The molecule has 3 unspecified atom stereocenters. The molecular formula is C11H21NO2. The Kier molecular flexibility index (Phi) is 3.79. The van der Waals surface area contributed by atoms with E-state index in [-0.39, 0.29) is 0 Å². The minimum absolute atomic E-state index is 0.365. The van der Waals surface area contributed by atoms with Gasteiger partial charge >= 0.3 is 0 Å². The van der Waals surface area contributed by atoms with Gasteiger partial charge in [-0.2, -0.15) is 0 Å². The van der Waals surface area contributed by atoms with Crippen molar-refractivity contribution >= 4 is 0 Å². The molecule has 14 heavy (non-hydrogen) atoms. The summed E-state index contributed by atoms with van der Waals surface area (Å²) in [6.45, 7) is 6.02. The minimum atomic E-state index is 0.365. The fourth-order valence-corrected chi connectivity index (χ4v) is 2.24. The van der Waals surface area contributed by atoms with Crippen LogP contribution in [0, 0.1) is 5.92 Å². The van der Waals surface area contributed by atoms with Crippen molar-refractivity contribution in [3.8, 4) is 0 Å². The van der Waals surface area contributed by atoms with Gasteiger partial charge in [0, 0.05) is 12.6 Å². The quantitative estimate of drug-likeness (QED) is 0.740. The minimum Gasteiger partial charge on any atom is -0.379 e. The van der Waals surface area contributed by atoms with E-state index in [9.17, 15) is 0 Å². The van der Waals surface area contributed by atoms with E-state index in [1.807, 2.05) is 0 Å². The smallest absolute Gasteiger partial charge is 0.0830 e. The molecule has 0 saturated carbocycles. The van der Waals surface area contributed by atoms with Crippen molar-refractivity contribution in [2.75, 3.05) is 26.4 Å². The largest absolute Gasteiger partial charge is 0.379 e. The molecule has 0 amide bonds. The molecule has 2 aliphatic heterocycles. The number of nitrogens with one attached hydrogen (secondary N) is 1. The molecule has 3 atom stereocenters. The topological polar surface area (TPSA) is 30.5 Å². The van der Waals surface area contributed by atoms with Gasteiger partial charge in [0.25, 0.3) is 0 Å². The lowest BCUT2D eigenvalue weighted by Gasteiger charge is -2.30. The molecule has 3 heteroatoms. The standard InChI is InChI=1S/C11H21NO2/c1-9-10(3-2-5-12-9)7-14-11-4-6-13-8-11/h9-12H,2-8H2,1H3. The van der Waals surface area contributed by atoms with Crippen LogP contribution >= 0.6 is 0 Å². The molecule has 2 fully saturated rings. The Labute approximate surface area is 86.2 Å². The van der Waals surface area contributed by atoms with E-state index in [0.29, 0.717) is 18.1 Å². The number of hydrogen-bond acceptors (Lipinski definition) is 3. The highest BCUT2D eigenvalue weighted by atomic mass is 16.5. The number of hydrogen-bond donors (Lipinski definition) is 1. The summed E-state index contributed by atoms with van der Waals surface area (Å²) in [4.78, 5) is 0. The van der Waals surface area contributed by atoms with Crippen LogP contribution in [0.2, 0.25) is 0 Å².